The quantitative estimate of drug-likeness (QED) is 0.435. The largest absolute Gasteiger partial charge is 0.369 e. The summed E-state index contributed by atoms with van der Waals surface area (Å²) in [6, 6.07) is 26.6. The summed E-state index contributed by atoms with van der Waals surface area (Å²) in [5, 5.41) is 3.03. The van der Waals surface area contributed by atoms with E-state index in [2.05, 4.69) is 58.6 Å². The molecule has 2 fully saturated rings. The number of rotatable bonds is 7. The van der Waals surface area contributed by atoms with Crippen molar-refractivity contribution in [3.63, 3.8) is 0 Å². The molecule has 36 heavy (non-hydrogen) atoms. The number of likely N-dealkylation sites (N-methyl/N-ethyl adjacent to an activating group) is 1. The highest BCUT2D eigenvalue weighted by molar-refractivity contribution is 6.04. The van der Waals surface area contributed by atoms with Crippen LogP contribution in [-0.4, -0.2) is 49.6 Å². The lowest BCUT2D eigenvalue weighted by atomic mass is 9.99. The van der Waals surface area contributed by atoms with E-state index in [0.29, 0.717) is 11.5 Å². The van der Waals surface area contributed by atoms with Gasteiger partial charge in [-0.2, -0.15) is 0 Å². The molecule has 5 rings (SSSR count). The first-order valence-corrected chi connectivity index (χ1v) is 12.3. The lowest BCUT2D eigenvalue weighted by molar-refractivity contribution is 0.102. The van der Waals surface area contributed by atoms with Gasteiger partial charge in [0.05, 0.1) is 0 Å². The van der Waals surface area contributed by atoms with Crippen molar-refractivity contribution in [1.82, 2.24) is 4.90 Å². The number of nitrogens with one attached hydrogen (secondary N) is 1. The molecule has 3 aromatic carbocycles. The highest BCUT2D eigenvalue weighted by Gasteiger charge is 2.50. The summed E-state index contributed by atoms with van der Waals surface area (Å²) in [4.78, 5) is 17.5. The van der Waals surface area contributed by atoms with Gasteiger partial charge in [-0.1, -0.05) is 42.5 Å². The average molecular weight is 528 g/mol. The number of anilines is 2. The van der Waals surface area contributed by atoms with Gasteiger partial charge in [0.15, 0.2) is 0 Å². The molecule has 2 aliphatic rings. The van der Waals surface area contributed by atoms with Gasteiger partial charge in [0.1, 0.15) is 0 Å². The minimum Gasteiger partial charge on any atom is -0.369 e. The number of halogens is 2. The molecule has 192 valence electrons. The molecule has 3 N–H and O–H groups in total. The van der Waals surface area contributed by atoms with Crippen molar-refractivity contribution in [2.45, 2.75) is 30.7 Å². The van der Waals surface area contributed by atoms with Crippen LogP contribution in [0.25, 0.3) is 0 Å². The zero-order valence-electron chi connectivity index (χ0n) is 20.7. The fourth-order valence-electron chi connectivity index (χ4n) is 4.96. The third-order valence-corrected chi connectivity index (χ3v) is 7.41. The number of nitrogens with zero attached hydrogens (tertiary/aromatic N) is 2. The first kappa shape index (κ1) is 28.0. The van der Waals surface area contributed by atoms with Gasteiger partial charge in [0.2, 0.25) is 0 Å². The third-order valence-electron chi connectivity index (χ3n) is 7.41. The maximum atomic E-state index is 12.7. The van der Waals surface area contributed by atoms with Gasteiger partial charge in [-0.3, -0.25) is 4.79 Å². The third kappa shape index (κ3) is 6.60. The zero-order chi connectivity index (χ0) is 23.5. The molecule has 5 nitrogen and oxygen atoms in total. The number of aryl methyl sites for hydroxylation is 1. The number of hydrogen-bond acceptors (Lipinski definition) is 4. The Labute approximate surface area is 226 Å². The SMILES string of the molecule is CN1CCN(c2ccc(C(=O)Nc3ccc(C4CC4(N)CCc4ccccc4)cc3)cc2)CC1.Cl.Cl. The molecule has 2 unspecified atom stereocenters. The molecule has 0 spiro atoms. The number of benzene rings is 3. The highest BCUT2D eigenvalue weighted by Crippen LogP contribution is 2.52. The summed E-state index contributed by atoms with van der Waals surface area (Å²) in [5.74, 6) is 0.309. The van der Waals surface area contributed by atoms with E-state index in [0.717, 1.165) is 51.1 Å². The standard InChI is InChI=1S/C29H34N4O.2ClH/c1-32-17-19-33(20-18-32)26-13-9-24(10-14-26)28(34)31-25-11-7-23(8-12-25)27-21-29(27,30)16-15-22-5-3-2-4-6-22;;/h2-14,27H,15-21,30H2,1H3,(H,31,34);2*1H. The Morgan fingerprint density at radius 3 is 2.19 bits per heavy atom. The van der Waals surface area contributed by atoms with Crippen LogP contribution in [0.15, 0.2) is 78.9 Å². The van der Waals surface area contributed by atoms with E-state index < -0.39 is 0 Å². The van der Waals surface area contributed by atoms with Gasteiger partial charge in [0, 0.05) is 54.6 Å². The molecule has 1 saturated carbocycles. The minimum absolute atomic E-state index is 0. The van der Waals surface area contributed by atoms with Crippen LogP contribution >= 0.6 is 24.8 Å². The van der Waals surface area contributed by atoms with Crippen LogP contribution in [-0.2, 0) is 6.42 Å². The van der Waals surface area contributed by atoms with E-state index in [4.69, 9.17) is 5.73 Å². The zero-order valence-corrected chi connectivity index (χ0v) is 22.4. The number of piperazine rings is 1. The Balaban J connectivity index is 0.00000180. The Hall–Kier alpha value is -2.57. The predicted octanol–water partition coefficient (Wildman–Crippen LogP) is 5.35. The first-order valence-electron chi connectivity index (χ1n) is 12.3. The number of amides is 1. The van der Waals surface area contributed by atoms with Crippen molar-refractivity contribution in [3.05, 3.63) is 95.6 Å². The summed E-state index contributed by atoms with van der Waals surface area (Å²) in [7, 11) is 2.15. The average Bonchev–Trinajstić information content (AvgIpc) is 3.56. The van der Waals surface area contributed by atoms with E-state index in [1.165, 1.54) is 16.8 Å². The topological polar surface area (TPSA) is 61.6 Å². The maximum Gasteiger partial charge on any atom is 0.255 e. The normalized spacial score (nSPS) is 21.2. The van der Waals surface area contributed by atoms with Gasteiger partial charge in [-0.15, -0.1) is 24.8 Å². The fourth-order valence-corrected chi connectivity index (χ4v) is 4.96. The summed E-state index contributed by atoms with van der Waals surface area (Å²) < 4.78 is 0. The lowest BCUT2D eigenvalue weighted by Crippen LogP contribution is -2.44. The summed E-state index contributed by atoms with van der Waals surface area (Å²) in [6.45, 7) is 4.17. The summed E-state index contributed by atoms with van der Waals surface area (Å²) in [6.07, 6.45) is 3.02. The van der Waals surface area contributed by atoms with Crippen molar-refractivity contribution in [3.8, 4) is 0 Å². The van der Waals surface area contributed by atoms with Gasteiger partial charge >= 0.3 is 0 Å². The number of carbonyl (C=O) groups excluding carboxylic acids is 1. The second-order valence-corrected chi connectivity index (χ2v) is 9.89. The van der Waals surface area contributed by atoms with Gasteiger partial charge < -0.3 is 20.9 Å². The van der Waals surface area contributed by atoms with Crippen molar-refractivity contribution in [2.75, 3.05) is 43.4 Å². The van der Waals surface area contributed by atoms with Crippen LogP contribution < -0.4 is 16.0 Å². The molecule has 1 amide bonds. The van der Waals surface area contributed by atoms with E-state index in [1.54, 1.807) is 0 Å². The van der Waals surface area contributed by atoms with E-state index >= 15 is 0 Å². The van der Waals surface area contributed by atoms with Crippen LogP contribution in [0.2, 0.25) is 0 Å². The van der Waals surface area contributed by atoms with Crippen molar-refractivity contribution < 1.29 is 4.79 Å². The molecule has 0 bridgehead atoms. The molecule has 7 heteroatoms. The Morgan fingerprint density at radius 2 is 1.56 bits per heavy atom. The maximum absolute atomic E-state index is 12.7. The monoisotopic (exact) mass is 526 g/mol. The second kappa shape index (κ2) is 12.1. The van der Waals surface area contributed by atoms with Crippen molar-refractivity contribution in [1.29, 1.82) is 0 Å². The predicted molar refractivity (Wildman–Crippen MR) is 154 cm³/mol. The highest BCUT2D eigenvalue weighted by atomic mass is 35.5. The molecule has 1 heterocycles. The summed E-state index contributed by atoms with van der Waals surface area (Å²) in [5.41, 5.74) is 11.8. The lowest BCUT2D eigenvalue weighted by Gasteiger charge is -2.34. The van der Waals surface area contributed by atoms with Crippen LogP contribution in [0.5, 0.6) is 0 Å². The van der Waals surface area contributed by atoms with Crippen molar-refractivity contribution >= 4 is 42.1 Å². The van der Waals surface area contributed by atoms with Crippen molar-refractivity contribution in [2.24, 2.45) is 5.73 Å². The summed E-state index contributed by atoms with van der Waals surface area (Å²) >= 11 is 0. The second-order valence-electron chi connectivity index (χ2n) is 9.89. The van der Waals surface area contributed by atoms with E-state index in [1.807, 2.05) is 42.5 Å². The minimum atomic E-state index is -0.119. The molecule has 0 aromatic heterocycles. The fraction of sp³-hybridized carbons (Fsp3) is 0.345. The molecular formula is C29H36Cl2N4O. The molecule has 3 aromatic rings. The number of hydrogen-bond donors (Lipinski definition) is 2. The smallest absolute Gasteiger partial charge is 0.255 e. The van der Waals surface area contributed by atoms with Gasteiger partial charge in [-0.05, 0) is 73.8 Å². The molecule has 1 aliphatic carbocycles. The van der Waals surface area contributed by atoms with Crippen LogP contribution in [0, 0.1) is 0 Å². The Morgan fingerprint density at radius 1 is 0.917 bits per heavy atom. The van der Waals surface area contributed by atoms with Gasteiger partial charge in [-0.25, -0.2) is 0 Å². The van der Waals surface area contributed by atoms with Crippen LogP contribution in [0.1, 0.15) is 40.2 Å². The number of carbonyl (C=O) groups is 1. The molecule has 0 radical (unpaired) electrons. The van der Waals surface area contributed by atoms with Gasteiger partial charge in [0.25, 0.3) is 5.91 Å². The number of nitrogens with two attached hydrogens (primary N) is 1. The molecular weight excluding hydrogens is 491 g/mol. The van der Waals surface area contributed by atoms with E-state index in [9.17, 15) is 4.79 Å². The molecule has 1 saturated heterocycles. The Bertz CT molecular complexity index is 1120. The van der Waals surface area contributed by atoms with E-state index in [-0.39, 0.29) is 36.3 Å². The van der Waals surface area contributed by atoms with Crippen LogP contribution in [0.4, 0.5) is 11.4 Å². The Kier molecular flexibility index (Phi) is 9.42. The van der Waals surface area contributed by atoms with Crippen LogP contribution in [0.3, 0.4) is 0 Å². The first-order chi connectivity index (χ1) is 16.5. The molecule has 2 atom stereocenters. The molecule has 1 aliphatic heterocycles.